The molecular formula is C31H35N15O9. The summed E-state index contributed by atoms with van der Waals surface area (Å²) in [7, 11) is 0. The number of H-pyrrole nitrogens is 2. The van der Waals surface area contributed by atoms with Crippen molar-refractivity contribution >= 4 is 69.8 Å². The largest absolute Gasteiger partial charge is 0.504 e. The van der Waals surface area contributed by atoms with Crippen molar-refractivity contribution in [2.45, 2.75) is 13.1 Å². The number of imidazole rings is 2. The number of hydrogen-bond acceptors (Lipinski definition) is 15. The standard InChI is InChI=1S/C31H35N15O9/c32-19(49)10-43(22(52)12-45-14-37-24-26(45)39-30(33)41-28(24)54)7-6-36-21(51)11-44(8-5-35-20(50)4-2-16-1-3-17(47)18(48)9-16)23(53)13-46-15-38-25-27(46)40-31(34)42-29(25)55/h1-4,9,14-15,47-48H,5-8,10-13H2,(H2,32,49)(H,35,50)(H,36,51)(H3,33,39,41,54)(H3,34,40,42,55)/b4-2+. The number of hydrogen-bond donors (Lipinski definition) is 9. The van der Waals surface area contributed by atoms with E-state index < -0.39 is 66.8 Å². The lowest BCUT2D eigenvalue weighted by Gasteiger charge is -2.24. The maximum absolute atomic E-state index is 13.5. The van der Waals surface area contributed by atoms with E-state index in [1.165, 1.54) is 46.1 Å². The SMILES string of the molecule is NC(=O)CN(CCNC(=O)CN(CCNC(=O)/C=C/c1ccc(O)c(O)c1)C(=O)Cn1cnc2c(=O)[nH]c(N)nc21)C(=O)Cn1cnc2c(=O)[nH]c(N)nc21. The van der Waals surface area contributed by atoms with Crippen LogP contribution in [0.5, 0.6) is 11.5 Å². The van der Waals surface area contributed by atoms with E-state index in [-0.39, 0.29) is 71.9 Å². The van der Waals surface area contributed by atoms with Crippen molar-refractivity contribution in [2.24, 2.45) is 5.73 Å². The molecule has 0 saturated heterocycles. The van der Waals surface area contributed by atoms with Gasteiger partial charge in [-0.15, -0.1) is 0 Å². The summed E-state index contributed by atoms with van der Waals surface area (Å²) in [6, 6.07) is 3.96. The van der Waals surface area contributed by atoms with Gasteiger partial charge in [0.05, 0.1) is 25.7 Å². The van der Waals surface area contributed by atoms with Crippen molar-refractivity contribution < 1.29 is 34.2 Å². The Balaban J connectivity index is 1.23. The number of fused-ring (bicyclic) bond motifs is 2. The molecule has 0 bridgehead atoms. The molecule has 12 N–H and O–H groups in total. The zero-order chi connectivity index (χ0) is 39.8. The van der Waals surface area contributed by atoms with Crippen LogP contribution in [0, 0.1) is 0 Å². The number of aromatic amines is 2. The molecule has 0 unspecified atom stereocenters. The predicted molar refractivity (Wildman–Crippen MR) is 192 cm³/mol. The van der Waals surface area contributed by atoms with Gasteiger partial charge < -0.3 is 57.0 Å². The average molecular weight is 762 g/mol. The quantitative estimate of drug-likeness (QED) is 0.0341. The van der Waals surface area contributed by atoms with Gasteiger partial charge in [0.25, 0.3) is 11.1 Å². The number of aromatic nitrogens is 8. The van der Waals surface area contributed by atoms with Gasteiger partial charge in [-0.3, -0.25) is 43.5 Å². The molecule has 4 heterocycles. The van der Waals surface area contributed by atoms with Crippen molar-refractivity contribution in [1.29, 1.82) is 0 Å². The molecule has 5 rings (SSSR count). The molecule has 1 aromatic carbocycles. The summed E-state index contributed by atoms with van der Waals surface area (Å²) < 4.78 is 2.52. The van der Waals surface area contributed by atoms with E-state index >= 15 is 0 Å². The number of carbonyl (C=O) groups excluding carboxylic acids is 5. The Labute approximate surface area is 307 Å². The first-order chi connectivity index (χ1) is 26.2. The van der Waals surface area contributed by atoms with Gasteiger partial charge in [0.1, 0.15) is 13.1 Å². The number of nitrogens with zero attached hydrogens (tertiary/aromatic N) is 8. The molecule has 0 aliphatic heterocycles. The highest BCUT2D eigenvalue weighted by molar-refractivity contribution is 5.92. The second-order valence-corrected chi connectivity index (χ2v) is 11.8. The Morgan fingerprint density at radius 3 is 1.84 bits per heavy atom. The van der Waals surface area contributed by atoms with Crippen LogP contribution in [-0.4, -0.2) is 128 Å². The van der Waals surface area contributed by atoms with E-state index in [2.05, 4.69) is 40.5 Å². The highest BCUT2D eigenvalue weighted by Gasteiger charge is 2.22. The Morgan fingerprint density at radius 2 is 1.31 bits per heavy atom. The smallest absolute Gasteiger partial charge is 0.280 e. The predicted octanol–water partition coefficient (Wildman–Crippen LogP) is -4.08. The third-order valence-electron chi connectivity index (χ3n) is 7.80. The number of benzene rings is 1. The minimum Gasteiger partial charge on any atom is -0.504 e. The van der Waals surface area contributed by atoms with Crippen LogP contribution >= 0.6 is 0 Å². The van der Waals surface area contributed by atoms with Crippen molar-refractivity contribution in [3.63, 3.8) is 0 Å². The normalized spacial score (nSPS) is 11.2. The van der Waals surface area contributed by atoms with E-state index in [0.29, 0.717) is 5.56 Å². The van der Waals surface area contributed by atoms with Crippen LogP contribution < -0.4 is 39.0 Å². The number of primary amides is 1. The molecule has 0 spiro atoms. The molecule has 5 amide bonds. The first-order valence-electron chi connectivity index (χ1n) is 16.2. The van der Waals surface area contributed by atoms with Crippen LogP contribution in [0.3, 0.4) is 0 Å². The molecule has 4 aromatic heterocycles. The molecule has 55 heavy (non-hydrogen) atoms. The number of phenolic OH excluding ortho intramolecular Hbond substituents is 2. The molecule has 288 valence electrons. The van der Waals surface area contributed by atoms with Crippen molar-refractivity contribution in [1.82, 2.24) is 59.5 Å². The second-order valence-electron chi connectivity index (χ2n) is 11.8. The Kier molecular flexibility index (Phi) is 11.7. The fraction of sp³-hybridized carbons (Fsp3) is 0.258. The third kappa shape index (κ3) is 9.76. The van der Waals surface area contributed by atoms with Gasteiger partial charge in [0.15, 0.2) is 33.8 Å². The summed E-state index contributed by atoms with van der Waals surface area (Å²) in [6.07, 6.45) is 4.95. The maximum atomic E-state index is 13.5. The van der Waals surface area contributed by atoms with Gasteiger partial charge in [0.2, 0.25) is 41.4 Å². The minimum absolute atomic E-state index is 0.0201. The summed E-state index contributed by atoms with van der Waals surface area (Å²) in [5.41, 5.74) is 15.7. The van der Waals surface area contributed by atoms with Crippen LogP contribution in [0.15, 0.2) is 46.5 Å². The summed E-state index contributed by atoms with van der Waals surface area (Å²) in [5, 5.41) is 24.3. The lowest BCUT2D eigenvalue weighted by atomic mass is 10.2. The Morgan fingerprint density at radius 1 is 0.782 bits per heavy atom. The molecule has 0 fully saturated rings. The molecule has 24 nitrogen and oxygen atoms in total. The number of aromatic hydroxyl groups is 2. The highest BCUT2D eigenvalue weighted by Crippen LogP contribution is 2.25. The number of anilines is 2. The van der Waals surface area contributed by atoms with E-state index in [1.807, 2.05) is 0 Å². The van der Waals surface area contributed by atoms with E-state index in [9.17, 15) is 43.8 Å². The second kappa shape index (κ2) is 16.7. The highest BCUT2D eigenvalue weighted by atomic mass is 16.3. The summed E-state index contributed by atoms with van der Waals surface area (Å²) in [5.74, 6) is -4.45. The van der Waals surface area contributed by atoms with Crippen molar-refractivity contribution in [2.75, 3.05) is 50.7 Å². The van der Waals surface area contributed by atoms with Gasteiger partial charge in [-0.1, -0.05) is 6.07 Å². The number of amides is 5. The monoisotopic (exact) mass is 761 g/mol. The summed E-state index contributed by atoms with van der Waals surface area (Å²) >= 11 is 0. The zero-order valence-corrected chi connectivity index (χ0v) is 28.8. The van der Waals surface area contributed by atoms with Crippen molar-refractivity contribution in [3.8, 4) is 11.5 Å². The molecule has 24 heteroatoms. The van der Waals surface area contributed by atoms with Gasteiger partial charge in [0, 0.05) is 32.3 Å². The lowest BCUT2D eigenvalue weighted by molar-refractivity contribution is -0.137. The topological polar surface area (TPSA) is 362 Å². The number of nitrogens with one attached hydrogen (secondary N) is 4. The van der Waals surface area contributed by atoms with E-state index in [0.717, 1.165) is 15.9 Å². The third-order valence-corrected chi connectivity index (χ3v) is 7.80. The van der Waals surface area contributed by atoms with Gasteiger partial charge in [-0.25, -0.2) is 9.97 Å². The Bertz CT molecular complexity index is 2430. The molecule has 0 atom stereocenters. The molecule has 0 radical (unpaired) electrons. The average Bonchev–Trinajstić information content (AvgIpc) is 3.71. The minimum atomic E-state index is -0.839. The van der Waals surface area contributed by atoms with Crippen LogP contribution in [0.4, 0.5) is 11.9 Å². The fourth-order valence-corrected chi connectivity index (χ4v) is 5.18. The number of rotatable bonds is 16. The van der Waals surface area contributed by atoms with Crippen LogP contribution in [-0.2, 0) is 37.1 Å². The van der Waals surface area contributed by atoms with Crippen LogP contribution in [0.25, 0.3) is 28.4 Å². The first-order valence-corrected chi connectivity index (χ1v) is 16.2. The number of nitrogens with two attached hydrogens (primary N) is 3. The summed E-state index contributed by atoms with van der Waals surface area (Å²) in [6.45, 7) is -2.50. The van der Waals surface area contributed by atoms with Gasteiger partial charge in [-0.05, 0) is 23.8 Å². The van der Waals surface area contributed by atoms with Gasteiger partial charge >= 0.3 is 0 Å². The van der Waals surface area contributed by atoms with E-state index in [4.69, 9.17) is 17.2 Å². The van der Waals surface area contributed by atoms with E-state index in [1.54, 1.807) is 0 Å². The fourth-order valence-electron chi connectivity index (χ4n) is 5.18. The zero-order valence-electron chi connectivity index (χ0n) is 28.8. The number of phenols is 2. The van der Waals surface area contributed by atoms with Crippen LogP contribution in [0.2, 0.25) is 0 Å². The molecule has 0 saturated carbocycles. The molecular weight excluding hydrogens is 726 g/mol. The molecule has 0 aliphatic rings. The Hall–Kier alpha value is -7.79. The molecule has 0 aliphatic carbocycles. The summed E-state index contributed by atoms with van der Waals surface area (Å²) in [4.78, 5) is 111. The number of carbonyl (C=O) groups is 5. The first kappa shape index (κ1) is 38.4. The molecule has 5 aromatic rings. The number of nitrogen functional groups attached to an aromatic ring is 2. The van der Waals surface area contributed by atoms with Crippen molar-refractivity contribution in [3.05, 3.63) is 63.2 Å². The lowest BCUT2D eigenvalue weighted by Crippen LogP contribution is -2.47. The van der Waals surface area contributed by atoms with Gasteiger partial charge in [-0.2, -0.15) is 9.97 Å². The van der Waals surface area contributed by atoms with Crippen LogP contribution in [0.1, 0.15) is 5.56 Å². The maximum Gasteiger partial charge on any atom is 0.280 e.